The van der Waals surface area contributed by atoms with E-state index in [0.717, 1.165) is 21.3 Å². The van der Waals surface area contributed by atoms with E-state index in [1.807, 2.05) is 31.2 Å². The number of rotatable bonds is 3. The highest BCUT2D eigenvalue weighted by Crippen LogP contribution is 2.33. The Morgan fingerprint density at radius 3 is 2.48 bits per heavy atom. The lowest BCUT2D eigenvalue weighted by Gasteiger charge is -2.21. The van der Waals surface area contributed by atoms with E-state index in [0.29, 0.717) is 12.8 Å². The first-order valence-corrected chi connectivity index (χ1v) is 8.28. The second kappa shape index (κ2) is 6.62. The molecule has 1 amide bonds. The fourth-order valence-electron chi connectivity index (χ4n) is 2.66. The van der Waals surface area contributed by atoms with Gasteiger partial charge >= 0.3 is 0 Å². The van der Waals surface area contributed by atoms with Crippen LogP contribution in [0.3, 0.4) is 0 Å². The molecule has 23 heavy (non-hydrogen) atoms. The van der Waals surface area contributed by atoms with Crippen LogP contribution in [0.25, 0.3) is 0 Å². The summed E-state index contributed by atoms with van der Waals surface area (Å²) in [5.74, 6) is -0.298. The van der Waals surface area contributed by atoms with Crippen LogP contribution >= 0.6 is 15.9 Å². The SMILES string of the molecule is CCC(=O)N1N=C(c2ccc(F)cc2)CC1c1ccc(Br)cc1. The van der Waals surface area contributed by atoms with E-state index in [9.17, 15) is 9.18 Å². The van der Waals surface area contributed by atoms with E-state index < -0.39 is 0 Å². The lowest BCUT2D eigenvalue weighted by molar-refractivity contribution is -0.132. The molecular formula is C18H16BrFN2O. The van der Waals surface area contributed by atoms with Gasteiger partial charge in [-0.25, -0.2) is 9.40 Å². The van der Waals surface area contributed by atoms with Crippen LogP contribution in [0.1, 0.15) is 36.9 Å². The van der Waals surface area contributed by atoms with Gasteiger partial charge < -0.3 is 0 Å². The van der Waals surface area contributed by atoms with Crippen molar-refractivity contribution in [3.63, 3.8) is 0 Å². The van der Waals surface area contributed by atoms with Crippen molar-refractivity contribution >= 4 is 27.5 Å². The molecular weight excluding hydrogens is 359 g/mol. The summed E-state index contributed by atoms with van der Waals surface area (Å²) in [6, 6.07) is 14.0. The minimum absolute atomic E-state index is 0.0185. The number of amides is 1. The van der Waals surface area contributed by atoms with Crippen LogP contribution in [0.4, 0.5) is 4.39 Å². The van der Waals surface area contributed by atoms with Crippen LogP contribution in [-0.4, -0.2) is 16.6 Å². The Bertz CT molecular complexity index is 741. The van der Waals surface area contributed by atoms with E-state index in [1.54, 1.807) is 17.1 Å². The Morgan fingerprint density at radius 2 is 1.87 bits per heavy atom. The number of hydrogen-bond donors (Lipinski definition) is 0. The van der Waals surface area contributed by atoms with Gasteiger partial charge in [-0.2, -0.15) is 5.10 Å². The molecule has 2 aromatic rings. The molecule has 1 unspecified atom stereocenters. The molecule has 118 valence electrons. The summed E-state index contributed by atoms with van der Waals surface area (Å²) < 4.78 is 14.1. The van der Waals surface area contributed by atoms with Crippen LogP contribution < -0.4 is 0 Å². The van der Waals surface area contributed by atoms with Crippen LogP contribution in [-0.2, 0) is 4.79 Å². The summed E-state index contributed by atoms with van der Waals surface area (Å²) >= 11 is 3.42. The molecule has 0 radical (unpaired) electrons. The fourth-order valence-corrected chi connectivity index (χ4v) is 2.93. The monoisotopic (exact) mass is 374 g/mol. The summed E-state index contributed by atoms with van der Waals surface area (Å²) in [7, 11) is 0. The third kappa shape index (κ3) is 3.34. The summed E-state index contributed by atoms with van der Waals surface area (Å²) in [5, 5.41) is 6.06. The van der Waals surface area contributed by atoms with Crippen molar-refractivity contribution in [1.82, 2.24) is 5.01 Å². The number of hydrazone groups is 1. The zero-order valence-corrected chi connectivity index (χ0v) is 14.3. The molecule has 1 aliphatic heterocycles. The van der Waals surface area contributed by atoms with Gasteiger partial charge in [-0.3, -0.25) is 4.79 Å². The lowest BCUT2D eigenvalue weighted by Crippen LogP contribution is -2.26. The largest absolute Gasteiger partial charge is 0.273 e. The Morgan fingerprint density at radius 1 is 1.22 bits per heavy atom. The Kier molecular flexibility index (Phi) is 4.57. The van der Waals surface area contributed by atoms with Gasteiger partial charge in [0.05, 0.1) is 11.8 Å². The highest BCUT2D eigenvalue weighted by molar-refractivity contribution is 9.10. The molecule has 0 fully saturated rings. The molecule has 1 aliphatic rings. The lowest BCUT2D eigenvalue weighted by atomic mass is 9.98. The fraction of sp³-hybridized carbons (Fsp3) is 0.222. The Balaban J connectivity index is 1.93. The van der Waals surface area contributed by atoms with Crippen LogP contribution in [0.5, 0.6) is 0 Å². The average molecular weight is 375 g/mol. The molecule has 0 bridgehead atoms. The standard InChI is InChI=1S/C18H16BrFN2O/c1-2-18(23)22-17(13-3-7-14(19)8-4-13)11-16(21-22)12-5-9-15(20)10-6-12/h3-10,17H,2,11H2,1H3. The highest BCUT2D eigenvalue weighted by Gasteiger charge is 2.32. The van der Waals surface area contributed by atoms with Crippen molar-refractivity contribution in [2.75, 3.05) is 0 Å². The molecule has 3 rings (SSSR count). The first-order valence-electron chi connectivity index (χ1n) is 7.49. The van der Waals surface area contributed by atoms with Crippen molar-refractivity contribution < 1.29 is 9.18 Å². The number of benzene rings is 2. The molecule has 1 heterocycles. The second-order valence-electron chi connectivity index (χ2n) is 5.42. The van der Waals surface area contributed by atoms with Gasteiger partial charge in [0.1, 0.15) is 5.82 Å². The van der Waals surface area contributed by atoms with Gasteiger partial charge in [0.15, 0.2) is 0 Å². The summed E-state index contributed by atoms with van der Waals surface area (Å²) in [6.07, 6.45) is 1.02. The molecule has 2 aromatic carbocycles. The van der Waals surface area contributed by atoms with E-state index in [-0.39, 0.29) is 17.8 Å². The van der Waals surface area contributed by atoms with Gasteiger partial charge in [0.25, 0.3) is 0 Å². The zero-order chi connectivity index (χ0) is 16.4. The third-order valence-electron chi connectivity index (χ3n) is 3.90. The van der Waals surface area contributed by atoms with Gasteiger partial charge in [-0.05, 0) is 35.4 Å². The quantitative estimate of drug-likeness (QED) is 0.767. The van der Waals surface area contributed by atoms with Crippen LogP contribution in [0, 0.1) is 5.82 Å². The average Bonchev–Trinajstić information content (AvgIpc) is 3.00. The third-order valence-corrected chi connectivity index (χ3v) is 4.43. The first-order chi connectivity index (χ1) is 11.1. The van der Waals surface area contributed by atoms with E-state index in [1.165, 1.54) is 12.1 Å². The number of halogens is 2. The summed E-state index contributed by atoms with van der Waals surface area (Å²) in [4.78, 5) is 12.2. The number of carbonyl (C=O) groups excluding carboxylic acids is 1. The molecule has 0 N–H and O–H groups in total. The summed E-state index contributed by atoms with van der Waals surface area (Å²) in [5.41, 5.74) is 2.69. The van der Waals surface area contributed by atoms with Crippen molar-refractivity contribution in [3.05, 3.63) is 69.9 Å². The number of hydrogen-bond acceptors (Lipinski definition) is 2. The van der Waals surface area contributed by atoms with Gasteiger partial charge in [-0.1, -0.05) is 47.1 Å². The van der Waals surface area contributed by atoms with E-state index in [2.05, 4.69) is 21.0 Å². The zero-order valence-electron chi connectivity index (χ0n) is 12.7. The molecule has 3 nitrogen and oxygen atoms in total. The number of carbonyl (C=O) groups is 1. The highest BCUT2D eigenvalue weighted by atomic mass is 79.9. The normalized spacial score (nSPS) is 17.3. The van der Waals surface area contributed by atoms with Crippen LogP contribution in [0.2, 0.25) is 0 Å². The molecule has 0 aliphatic carbocycles. The molecule has 0 saturated carbocycles. The smallest absolute Gasteiger partial charge is 0.242 e. The second-order valence-corrected chi connectivity index (χ2v) is 6.33. The minimum Gasteiger partial charge on any atom is -0.273 e. The molecule has 0 saturated heterocycles. The maximum atomic E-state index is 13.1. The molecule has 0 aromatic heterocycles. The maximum absolute atomic E-state index is 13.1. The Labute approximate surface area is 142 Å². The molecule has 5 heteroatoms. The first kappa shape index (κ1) is 15.9. The van der Waals surface area contributed by atoms with Crippen molar-refractivity contribution in [2.24, 2.45) is 5.10 Å². The summed E-state index contributed by atoms with van der Waals surface area (Å²) in [6.45, 7) is 1.83. The van der Waals surface area contributed by atoms with Crippen molar-refractivity contribution in [2.45, 2.75) is 25.8 Å². The van der Waals surface area contributed by atoms with Gasteiger partial charge in [0, 0.05) is 17.3 Å². The van der Waals surface area contributed by atoms with Gasteiger partial charge in [0.2, 0.25) is 5.91 Å². The van der Waals surface area contributed by atoms with E-state index in [4.69, 9.17) is 0 Å². The van der Waals surface area contributed by atoms with Crippen molar-refractivity contribution in [1.29, 1.82) is 0 Å². The molecule has 0 spiro atoms. The Hall–Kier alpha value is -2.01. The number of nitrogens with zero attached hydrogens (tertiary/aromatic N) is 2. The topological polar surface area (TPSA) is 32.7 Å². The predicted molar refractivity (Wildman–Crippen MR) is 91.6 cm³/mol. The van der Waals surface area contributed by atoms with E-state index >= 15 is 0 Å². The predicted octanol–water partition coefficient (Wildman–Crippen LogP) is 4.68. The van der Waals surface area contributed by atoms with Gasteiger partial charge in [-0.15, -0.1) is 0 Å². The maximum Gasteiger partial charge on any atom is 0.242 e. The van der Waals surface area contributed by atoms with Crippen molar-refractivity contribution in [3.8, 4) is 0 Å². The molecule has 1 atom stereocenters. The minimum atomic E-state index is -0.279. The van der Waals surface area contributed by atoms with Crippen LogP contribution in [0.15, 0.2) is 58.1 Å².